The molecule has 0 radical (unpaired) electrons. The van der Waals surface area contributed by atoms with Crippen molar-refractivity contribution in [2.45, 2.75) is 33.2 Å². The molecule has 0 bridgehead atoms. The second-order valence-electron chi connectivity index (χ2n) is 5.53. The summed E-state index contributed by atoms with van der Waals surface area (Å²) in [5.74, 6) is 0.945. The van der Waals surface area contributed by atoms with Crippen LogP contribution in [0.2, 0.25) is 0 Å². The summed E-state index contributed by atoms with van der Waals surface area (Å²) in [4.78, 5) is 12.7. The van der Waals surface area contributed by atoms with Gasteiger partial charge in [0.05, 0.1) is 11.6 Å². The molecule has 0 aliphatic carbocycles. The number of aryl methyl sites for hydroxylation is 2. The molecule has 126 valence electrons. The van der Waals surface area contributed by atoms with E-state index in [9.17, 15) is 0 Å². The molecule has 2 aromatic heterocycles. The Morgan fingerprint density at radius 2 is 2.26 bits per heavy atom. The highest BCUT2D eigenvalue weighted by Crippen LogP contribution is 2.13. The molecule has 0 spiro atoms. The molecule has 0 unspecified atom stereocenters. The zero-order valence-corrected chi connectivity index (χ0v) is 15.4. The molecule has 0 saturated heterocycles. The topological polar surface area (TPSA) is 45.5 Å². The van der Waals surface area contributed by atoms with Crippen LogP contribution in [0.4, 0.5) is 0 Å². The van der Waals surface area contributed by atoms with E-state index in [1.54, 1.807) is 11.3 Å². The summed E-state index contributed by atoms with van der Waals surface area (Å²) in [6, 6.07) is 4.21. The number of hydrogen-bond acceptors (Lipinski definition) is 3. The third-order valence-electron chi connectivity index (χ3n) is 3.68. The van der Waals surface area contributed by atoms with Gasteiger partial charge in [-0.05, 0) is 25.5 Å². The number of thiazole rings is 1. The molecule has 23 heavy (non-hydrogen) atoms. The van der Waals surface area contributed by atoms with E-state index in [1.807, 2.05) is 6.20 Å². The van der Waals surface area contributed by atoms with Crippen LogP contribution in [-0.4, -0.2) is 40.5 Å². The number of nitrogens with one attached hydrogen (secondary N) is 1. The van der Waals surface area contributed by atoms with Crippen LogP contribution in [0.1, 0.15) is 29.4 Å². The standard InChI is InChI=1S/C17H27N5S/c1-5-15-12-20-16(23-15)9-10-19-17(18-6-2)22(4)13-14-8-7-11-21(14)3/h7-8,11-12H,5-6,9-10,13H2,1-4H3,(H,18,19). The molecule has 0 aliphatic rings. The molecule has 0 saturated carbocycles. The Morgan fingerprint density at radius 3 is 2.87 bits per heavy atom. The molecular weight excluding hydrogens is 306 g/mol. The quantitative estimate of drug-likeness (QED) is 0.626. The van der Waals surface area contributed by atoms with Crippen LogP contribution in [0.15, 0.2) is 29.5 Å². The normalized spacial score (nSPS) is 11.7. The average Bonchev–Trinajstić information content (AvgIpc) is 3.16. The first-order chi connectivity index (χ1) is 11.1. The lowest BCUT2D eigenvalue weighted by atomic mass is 10.4. The summed E-state index contributed by atoms with van der Waals surface area (Å²) >= 11 is 1.79. The average molecular weight is 334 g/mol. The first-order valence-corrected chi connectivity index (χ1v) is 8.98. The number of hydrogen-bond donors (Lipinski definition) is 1. The summed E-state index contributed by atoms with van der Waals surface area (Å²) in [5, 5.41) is 4.54. The molecule has 2 rings (SSSR count). The largest absolute Gasteiger partial charge is 0.357 e. The first kappa shape index (κ1) is 17.5. The van der Waals surface area contributed by atoms with Gasteiger partial charge < -0.3 is 14.8 Å². The van der Waals surface area contributed by atoms with Crippen molar-refractivity contribution in [3.8, 4) is 0 Å². The van der Waals surface area contributed by atoms with E-state index in [0.717, 1.165) is 38.4 Å². The number of nitrogens with zero attached hydrogens (tertiary/aromatic N) is 4. The van der Waals surface area contributed by atoms with Crippen LogP contribution in [0, 0.1) is 0 Å². The highest BCUT2D eigenvalue weighted by molar-refractivity contribution is 7.11. The van der Waals surface area contributed by atoms with E-state index in [0.29, 0.717) is 0 Å². The lowest BCUT2D eigenvalue weighted by Gasteiger charge is -2.22. The maximum Gasteiger partial charge on any atom is 0.194 e. The highest BCUT2D eigenvalue weighted by atomic mass is 32.1. The third-order valence-corrected chi connectivity index (χ3v) is 4.89. The van der Waals surface area contributed by atoms with E-state index in [2.05, 4.69) is 66.0 Å². The maximum absolute atomic E-state index is 4.74. The summed E-state index contributed by atoms with van der Waals surface area (Å²) in [5.41, 5.74) is 1.27. The minimum Gasteiger partial charge on any atom is -0.357 e. The lowest BCUT2D eigenvalue weighted by molar-refractivity contribution is 0.462. The van der Waals surface area contributed by atoms with Crippen LogP contribution < -0.4 is 5.32 Å². The minimum absolute atomic E-state index is 0.760. The minimum atomic E-state index is 0.760. The number of rotatable bonds is 7. The van der Waals surface area contributed by atoms with Gasteiger partial charge in [0.15, 0.2) is 5.96 Å². The van der Waals surface area contributed by atoms with Crippen molar-refractivity contribution in [2.75, 3.05) is 20.1 Å². The predicted molar refractivity (Wildman–Crippen MR) is 98.1 cm³/mol. The van der Waals surface area contributed by atoms with Crippen molar-refractivity contribution < 1.29 is 0 Å². The molecule has 0 amide bonds. The van der Waals surface area contributed by atoms with Gasteiger partial charge in [-0.15, -0.1) is 11.3 Å². The van der Waals surface area contributed by atoms with E-state index < -0.39 is 0 Å². The van der Waals surface area contributed by atoms with Crippen molar-refractivity contribution in [3.05, 3.63) is 40.1 Å². The zero-order chi connectivity index (χ0) is 16.7. The number of guanidine groups is 1. The summed E-state index contributed by atoms with van der Waals surface area (Å²) in [6.45, 7) is 6.73. The Bertz CT molecular complexity index is 628. The van der Waals surface area contributed by atoms with E-state index >= 15 is 0 Å². The first-order valence-electron chi connectivity index (χ1n) is 8.17. The third kappa shape index (κ3) is 5.10. The molecule has 5 nitrogen and oxygen atoms in total. The number of aliphatic imine (C=N–C) groups is 1. The summed E-state index contributed by atoms with van der Waals surface area (Å²) < 4.78 is 2.14. The van der Waals surface area contributed by atoms with Gasteiger partial charge in [0.1, 0.15) is 0 Å². The van der Waals surface area contributed by atoms with Crippen molar-refractivity contribution in [3.63, 3.8) is 0 Å². The molecule has 2 aromatic rings. The fourth-order valence-electron chi connectivity index (χ4n) is 2.33. The molecule has 0 atom stereocenters. The molecular formula is C17H27N5S. The van der Waals surface area contributed by atoms with Gasteiger partial charge in [-0.1, -0.05) is 6.92 Å². The van der Waals surface area contributed by atoms with Crippen molar-refractivity contribution >= 4 is 17.3 Å². The van der Waals surface area contributed by atoms with Crippen molar-refractivity contribution in [1.29, 1.82) is 0 Å². The van der Waals surface area contributed by atoms with Gasteiger partial charge in [-0.2, -0.15) is 0 Å². The lowest BCUT2D eigenvalue weighted by Crippen LogP contribution is -2.39. The van der Waals surface area contributed by atoms with Crippen LogP contribution in [0.5, 0.6) is 0 Å². The second-order valence-corrected chi connectivity index (χ2v) is 6.73. The molecule has 0 fully saturated rings. The van der Waals surface area contributed by atoms with E-state index in [4.69, 9.17) is 4.99 Å². The Balaban J connectivity index is 1.94. The SMILES string of the molecule is CCNC(=NCCc1ncc(CC)s1)N(C)Cc1cccn1C. The predicted octanol–water partition coefficient (Wildman–Crippen LogP) is 2.68. The molecule has 6 heteroatoms. The Kier molecular flexibility index (Phi) is 6.65. The van der Waals surface area contributed by atoms with Crippen molar-refractivity contribution in [2.24, 2.45) is 12.0 Å². The van der Waals surface area contributed by atoms with Gasteiger partial charge in [-0.3, -0.25) is 4.99 Å². The summed E-state index contributed by atoms with van der Waals surface area (Å²) in [7, 11) is 4.15. The Morgan fingerprint density at radius 1 is 1.43 bits per heavy atom. The Labute approximate surface area is 143 Å². The second kappa shape index (κ2) is 8.72. The van der Waals surface area contributed by atoms with Crippen LogP contribution in [0.25, 0.3) is 0 Å². The van der Waals surface area contributed by atoms with Crippen LogP contribution in [0.3, 0.4) is 0 Å². The van der Waals surface area contributed by atoms with Crippen LogP contribution in [-0.2, 0) is 26.4 Å². The van der Waals surface area contributed by atoms with Gasteiger partial charge in [0.2, 0.25) is 0 Å². The van der Waals surface area contributed by atoms with Gasteiger partial charge in [-0.25, -0.2) is 4.98 Å². The monoisotopic (exact) mass is 333 g/mol. The maximum atomic E-state index is 4.74. The number of aromatic nitrogens is 2. The highest BCUT2D eigenvalue weighted by Gasteiger charge is 2.08. The van der Waals surface area contributed by atoms with Crippen molar-refractivity contribution in [1.82, 2.24) is 19.8 Å². The van der Waals surface area contributed by atoms with Crippen LogP contribution >= 0.6 is 11.3 Å². The molecule has 0 aromatic carbocycles. The fraction of sp³-hybridized carbons (Fsp3) is 0.529. The van der Waals surface area contributed by atoms with Gasteiger partial charge in [0, 0.05) is 56.6 Å². The molecule has 1 N–H and O–H groups in total. The fourth-order valence-corrected chi connectivity index (χ4v) is 3.18. The van der Waals surface area contributed by atoms with E-state index in [1.165, 1.54) is 15.6 Å². The Hall–Kier alpha value is -1.82. The summed E-state index contributed by atoms with van der Waals surface area (Å²) in [6.07, 6.45) is 6.01. The molecule has 0 aliphatic heterocycles. The van der Waals surface area contributed by atoms with Gasteiger partial charge in [0.25, 0.3) is 0 Å². The van der Waals surface area contributed by atoms with Gasteiger partial charge >= 0.3 is 0 Å². The smallest absolute Gasteiger partial charge is 0.194 e. The molecule has 2 heterocycles. The zero-order valence-electron chi connectivity index (χ0n) is 14.5. The van der Waals surface area contributed by atoms with E-state index in [-0.39, 0.29) is 0 Å².